The van der Waals surface area contributed by atoms with Gasteiger partial charge in [-0.15, -0.1) is 0 Å². The topological polar surface area (TPSA) is 107 Å². The van der Waals surface area contributed by atoms with Crippen molar-refractivity contribution in [3.05, 3.63) is 46.8 Å². The van der Waals surface area contributed by atoms with E-state index in [9.17, 15) is 9.90 Å². The number of pyridine rings is 2. The predicted octanol–water partition coefficient (Wildman–Crippen LogP) is 1.20. The maximum absolute atomic E-state index is 12.1. The minimum atomic E-state index is -1.01. The van der Waals surface area contributed by atoms with Crippen LogP contribution in [0.15, 0.2) is 35.5 Å². The van der Waals surface area contributed by atoms with Gasteiger partial charge in [-0.05, 0) is 32.0 Å². The van der Waals surface area contributed by atoms with E-state index >= 15 is 0 Å². The normalized spacial score (nSPS) is 11.8. The summed E-state index contributed by atoms with van der Waals surface area (Å²) in [5.41, 5.74) is 7.04. The summed E-state index contributed by atoms with van der Waals surface area (Å²) in [7, 11) is 1.61. The van der Waals surface area contributed by atoms with Crippen LogP contribution in [0.25, 0.3) is 22.2 Å². The molecular formula is C16H17N5O2. The molecule has 7 nitrogen and oxygen atoms in total. The summed E-state index contributed by atoms with van der Waals surface area (Å²) < 4.78 is 1.36. The molecule has 0 spiro atoms. The summed E-state index contributed by atoms with van der Waals surface area (Å²) >= 11 is 0. The Labute approximate surface area is 132 Å². The zero-order valence-electron chi connectivity index (χ0n) is 13.1. The van der Waals surface area contributed by atoms with E-state index in [-0.39, 0.29) is 11.4 Å². The molecule has 3 aromatic heterocycles. The number of anilines is 1. The second-order valence-electron chi connectivity index (χ2n) is 5.94. The number of aryl methyl sites for hydroxylation is 1. The third-order valence-electron chi connectivity index (χ3n) is 3.62. The zero-order chi connectivity index (χ0) is 16.8. The van der Waals surface area contributed by atoms with Crippen molar-refractivity contribution in [2.24, 2.45) is 7.05 Å². The number of nitrogen functional groups attached to an aromatic ring is 1. The van der Waals surface area contributed by atoms with E-state index in [1.165, 1.54) is 10.9 Å². The standard InChI is InChI=1S/C16H17N5O2/c1-16(2,23)12-5-4-9(7-18-12)10-6-11-13(14(17)20-10)15(22)21(3)8-19-11/h4-8,23H,1-3H3,(H2,17,20). The molecule has 0 unspecified atom stereocenters. The van der Waals surface area contributed by atoms with Crippen LogP contribution in [0.3, 0.4) is 0 Å². The molecule has 118 valence electrons. The Balaban J connectivity index is 2.14. The minimum absolute atomic E-state index is 0.137. The molecule has 0 aliphatic heterocycles. The molecule has 23 heavy (non-hydrogen) atoms. The van der Waals surface area contributed by atoms with Gasteiger partial charge in [0.15, 0.2) is 0 Å². The molecule has 7 heteroatoms. The molecule has 0 saturated heterocycles. The third-order valence-corrected chi connectivity index (χ3v) is 3.62. The fourth-order valence-electron chi connectivity index (χ4n) is 2.30. The predicted molar refractivity (Wildman–Crippen MR) is 87.7 cm³/mol. The Bertz CT molecular complexity index is 940. The first kappa shape index (κ1) is 15.1. The van der Waals surface area contributed by atoms with Gasteiger partial charge in [0.05, 0.1) is 23.2 Å². The van der Waals surface area contributed by atoms with Gasteiger partial charge in [0, 0.05) is 18.8 Å². The Hall–Kier alpha value is -2.80. The summed E-state index contributed by atoms with van der Waals surface area (Å²) in [6.45, 7) is 3.34. The van der Waals surface area contributed by atoms with Crippen LogP contribution in [-0.4, -0.2) is 24.6 Å². The number of hydrogen-bond acceptors (Lipinski definition) is 6. The maximum Gasteiger partial charge on any atom is 0.264 e. The van der Waals surface area contributed by atoms with Crippen molar-refractivity contribution >= 4 is 16.7 Å². The SMILES string of the molecule is Cn1cnc2cc(-c3ccc(C(C)(C)O)nc3)nc(N)c2c1=O. The van der Waals surface area contributed by atoms with Crippen molar-refractivity contribution in [1.29, 1.82) is 0 Å². The van der Waals surface area contributed by atoms with Crippen molar-refractivity contribution in [3.8, 4) is 11.3 Å². The third kappa shape index (κ3) is 2.66. The smallest absolute Gasteiger partial charge is 0.264 e. The number of hydrogen-bond donors (Lipinski definition) is 2. The van der Waals surface area contributed by atoms with E-state index in [2.05, 4.69) is 15.0 Å². The highest BCUT2D eigenvalue weighted by molar-refractivity contribution is 5.90. The molecule has 0 radical (unpaired) electrons. The molecule has 0 aromatic carbocycles. The van der Waals surface area contributed by atoms with E-state index in [1.807, 2.05) is 0 Å². The van der Waals surface area contributed by atoms with Gasteiger partial charge < -0.3 is 15.4 Å². The second-order valence-corrected chi connectivity index (χ2v) is 5.94. The molecule has 0 atom stereocenters. The molecule has 0 saturated carbocycles. The molecule has 3 rings (SSSR count). The Morgan fingerprint density at radius 1 is 1.26 bits per heavy atom. The van der Waals surface area contributed by atoms with Crippen LogP contribution in [0.5, 0.6) is 0 Å². The van der Waals surface area contributed by atoms with E-state index in [4.69, 9.17) is 5.73 Å². The number of nitrogens with zero attached hydrogens (tertiary/aromatic N) is 4. The molecule has 3 aromatic rings. The van der Waals surface area contributed by atoms with Gasteiger partial charge in [-0.2, -0.15) is 0 Å². The lowest BCUT2D eigenvalue weighted by molar-refractivity contribution is 0.0739. The van der Waals surface area contributed by atoms with Crippen LogP contribution < -0.4 is 11.3 Å². The number of nitrogens with two attached hydrogens (primary N) is 1. The van der Waals surface area contributed by atoms with E-state index in [0.717, 1.165) is 5.56 Å². The number of aromatic nitrogens is 4. The van der Waals surface area contributed by atoms with Crippen molar-refractivity contribution in [3.63, 3.8) is 0 Å². The molecule has 3 N–H and O–H groups in total. The molecule has 0 bridgehead atoms. The largest absolute Gasteiger partial charge is 0.384 e. The first-order valence-corrected chi connectivity index (χ1v) is 7.08. The first-order chi connectivity index (χ1) is 10.8. The average Bonchev–Trinajstić information content (AvgIpc) is 2.50. The maximum atomic E-state index is 12.1. The fourth-order valence-corrected chi connectivity index (χ4v) is 2.30. The summed E-state index contributed by atoms with van der Waals surface area (Å²) in [4.78, 5) is 24.9. The zero-order valence-corrected chi connectivity index (χ0v) is 13.1. The van der Waals surface area contributed by atoms with E-state index in [0.29, 0.717) is 22.3 Å². The average molecular weight is 311 g/mol. The quantitative estimate of drug-likeness (QED) is 0.736. The summed E-state index contributed by atoms with van der Waals surface area (Å²) in [6.07, 6.45) is 3.06. The summed E-state index contributed by atoms with van der Waals surface area (Å²) in [6, 6.07) is 5.23. The Morgan fingerprint density at radius 3 is 2.61 bits per heavy atom. The molecule has 3 heterocycles. The highest BCUT2D eigenvalue weighted by Gasteiger charge is 2.18. The lowest BCUT2D eigenvalue weighted by Gasteiger charge is -2.16. The summed E-state index contributed by atoms with van der Waals surface area (Å²) in [5.74, 6) is 0.137. The number of fused-ring (bicyclic) bond motifs is 1. The van der Waals surface area contributed by atoms with Gasteiger partial charge in [0.25, 0.3) is 5.56 Å². The highest BCUT2D eigenvalue weighted by atomic mass is 16.3. The van der Waals surface area contributed by atoms with Gasteiger partial charge in [-0.25, -0.2) is 9.97 Å². The molecule has 0 amide bonds. The molecule has 0 aliphatic rings. The minimum Gasteiger partial charge on any atom is -0.384 e. The fraction of sp³-hybridized carbons (Fsp3) is 0.250. The molecule has 0 aliphatic carbocycles. The van der Waals surface area contributed by atoms with Gasteiger partial charge in [0.2, 0.25) is 0 Å². The monoisotopic (exact) mass is 311 g/mol. The van der Waals surface area contributed by atoms with Gasteiger partial charge in [-0.3, -0.25) is 9.78 Å². The van der Waals surface area contributed by atoms with Crippen LogP contribution in [0.4, 0.5) is 5.82 Å². The molecular weight excluding hydrogens is 294 g/mol. The van der Waals surface area contributed by atoms with Crippen LogP contribution in [0.2, 0.25) is 0 Å². The lowest BCUT2D eigenvalue weighted by Crippen LogP contribution is -2.19. The number of aliphatic hydroxyl groups is 1. The van der Waals surface area contributed by atoms with Crippen LogP contribution >= 0.6 is 0 Å². The first-order valence-electron chi connectivity index (χ1n) is 7.08. The highest BCUT2D eigenvalue weighted by Crippen LogP contribution is 2.24. The van der Waals surface area contributed by atoms with Crippen molar-refractivity contribution in [2.45, 2.75) is 19.4 Å². The van der Waals surface area contributed by atoms with E-state index in [1.54, 1.807) is 45.3 Å². The van der Waals surface area contributed by atoms with Gasteiger partial charge >= 0.3 is 0 Å². The van der Waals surface area contributed by atoms with Crippen molar-refractivity contribution in [2.75, 3.05) is 5.73 Å². The van der Waals surface area contributed by atoms with Crippen molar-refractivity contribution in [1.82, 2.24) is 19.5 Å². The Kier molecular flexibility index (Phi) is 3.37. The van der Waals surface area contributed by atoms with E-state index < -0.39 is 5.60 Å². The summed E-state index contributed by atoms with van der Waals surface area (Å²) in [5, 5.41) is 10.3. The van der Waals surface area contributed by atoms with Crippen molar-refractivity contribution < 1.29 is 5.11 Å². The lowest BCUT2D eigenvalue weighted by atomic mass is 10.0. The second kappa shape index (κ2) is 5.13. The van der Waals surface area contributed by atoms with Crippen LogP contribution in [0.1, 0.15) is 19.5 Å². The van der Waals surface area contributed by atoms with Crippen LogP contribution in [-0.2, 0) is 12.6 Å². The Morgan fingerprint density at radius 2 is 2.00 bits per heavy atom. The van der Waals surface area contributed by atoms with Gasteiger partial charge in [0.1, 0.15) is 16.8 Å². The number of rotatable bonds is 2. The van der Waals surface area contributed by atoms with Crippen LogP contribution in [0, 0.1) is 0 Å². The van der Waals surface area contributed by atoms with Gasteiger partial charge in [-0.1, -0.05) is 0 Å². The molecule has 0 fully saturated rings.